The summed E-state index contributed by atoms with van der Waals surface area (Å²) in [4.78, 5) is 11.6. The van der Waals surface area contributed by atoms with Crippen LogP contribution in [0.1, 0.15) is 62.7 Å². The lowest BCUT2D eigenvalue weighted by Crippen LogP contribution is -2.06. The minimum Gasteiger partial charge on any atom is -0.462 e. The van der Waals surface area contributed by atoms with Gasteiger partial charge in [-0.3, -0.25) is 0 Å². The van der Waals surface area contributed by atoms with E-state index >= 15 is 0 Å². The smallest absolute Gasteiger partial charge is 0.338 e. The van der Waals surface area contributed by atoms with Gasteiger partial charge in [0.05, 0.1) is 12.2 Å². The standard InChI is InChI=1S/C17H26O2/c1-15(2)11-7-4-3-5-10-14-19-17(18)16-12-8-6-9-13-16/h6,8-9,12-13,15H,3-5,7,10-11,14H2,1-2H3. The lowest BCUT2D eigenvalue weighted by molar-refractivity contribution is 0.0497. The van der Waals surface area contributed by atoms with Gasteiger partial charge in [0.1, 0.15) is 0 Å². The van der Waals surface area contributed by atoms with Crippen LogP contribution in [-0.4, -0.2) is 12.6 Å². The van der Waals surface area contributed by atoms with E-state index in [4.69, 9.17) is 4.74 Å². The molecule has 2 heteroatoms. The molecular weight excluding hydrogens is 236 g/mol. The Balaban J connectivity index is 1.98. The summed E-state index contributed by atoms with van der Waals surface area (Å²) >= 11 is 0. The summed E-state index contributed by atoms with van der Waals surface area (Å²) in [5, 5.41) is 0. The van der Waals surface area contributed by atoms with Crippen LogP contribution in [0.2, 0.25) is 0 Å². The highest BCUT2D eigenvalue weighted by Gasteiger charge is 2.04. The number of carbonyl (C=O) groups excluding carboxylic acids is 1. The zero-order valence-corrected chi connectivity index (χ0v) is 12.2. The molecule has 1 aromatic carbocycles. The Kier molecular flexibility index (Phi) is 7.95. The van der Waals surface area contributed by atoms with Gasteiger partial charge in [0, 0.05) is 0 Å². The van der Waals surface area contributed by atoms with E-state index < -0.39 is 0 Å². The second kappa shape index (κ2) is 9.60. The molecule has 0 aromatic heterocycles. The first-order chi connectivity index (χ1) is 9.20. The Morgan fingerprint density at radius 2 is 1.63 bits per heavy atom. The van der Waals surface area contributed by atoms with Crippen LogP contribution in [0.15, 0.2) is 30.3 Å². The van der Waals surface area contributed by atoms with Crippen molar-refractivity contribution in [2.45, 2.75) is 52.4 Å². The highest BCUT2D eigenvalue weighted by atomic mass is 16.5. The fraction of sp³-hybridized carbons (Fsp3) is 0.588. The number of hydrogen-bond donors (Lipinski definition) is 0. The van der Waals surface area contributed by atoms with Crippen molar-refractivity contribution in [1.29, 1.82) is 0 Å². The van der Waals surface area contributed by atoms with Crippen LogP contribution in [-0.2, 0) is 4.74 Å². The van der Waals surface area contributed by atoms with E-state index in [-0.39, 0.29) is 5.97 Å². The predicted octanol–water partition coefficient (Wildman–Crippen LogP) is 4.84. The molecule has 0 aliphatic heterocycles. The van der Waals surface area contributed by atoms with Crippen LogP contribution >= 0.6 is 0 Å². The number of ether oxygens (including phenoxy) is 1. The van der Waals surface area contributed by atoms with Crippen LogP contribution in [0.4, 0.5) is 0 Å². The van der Waals surface area contributed by atoms with Crippen LogP contribution in [0.25, 0.3) is 0 Å². The molecule has 0 aliphatic carbocycles. The number of carbonyl (C=O) groups is 1. The van der Waals surface area contributed by atoms with Crippen molar-refractivity contribution in [2.75, 3.05) is 6.61 Å². The third-order valence-corrected chi connectivity index (χ3v) is 3.17. The van der Waals surface area contributed by atoms with Crippen molar-refractivity contribution in [1.82, 2.24) is 0 Å². The van der Waals surface area contributed by atoms with Crippen molar-refractivity contribution in [2.24, 2.45) is 5.92 Å². The van der Waals surface area contributed by atoms with Gasteiger partial charge in [0.15, 0.2) is 0 Å². The number of esters is 1. The lowest BCUT2D eigenvalue weighted by Gasteiger charge is -2.06. The molecule has 0 spiro atoms. The van der Waals surface area contributed by atoms with Crippen molar-refractivity contribution in [3.8, 4) is 0 Å². The zero-order chi connectivity index (χ0) is 13.9. The fourth-order valence-corrected chi connectivity index (χ4v) is 2.01. The third-order valence-electron chi connectivity index (χ3n) is 3.17. The SMILES string of the molecule is CC(C)CCCCCCCOC(=O)c1ccccc1. The maximum atomic E-state index is 11.6. The predicted molar refractivity (Wildman–Crippen MR) is 79.3 cm³/mol. The number of unbranched alkanes of at least 4 members (excludes halogenated alkanes) is 4. The monoisotopic (exact) mass is 262 g/mol. The van der Waals surface area contributed by atoms with Gasteiger partial charge in [-0.1, -0.05) is 64.2 Å². The average Bonchev–Trinajstić information content (AvgIpc) is 2.42. The first kappa shape index (κ1) is 15.7. The highest BCUT2D eigenvalue weighted by Crippen LogP contribution is 2.10. The molecule has 0 aliphatic rings. The van der Waals surface area contributed by atoms with Crippen LogP contribution < -0.4 is 0 Å². The van der Waals surface area contributed by atoms with Crippen molar-refractivity contribution in [3.05, 3.63) is 35.9 Å². The Hall–Kier alpha value is -1.31. The summed E-state index contributed by atoms with van der Waals surface area (Å²) in [7, 11) is 0. The summed E-state index contributed by atoms with van der Waals surface area (Å²) in [6, 6.07) is 9.17. The van der Waals surface area contributed by atoms with Gasteiger partial charge in [-0.2, -0.15) is 0 Å². The van der Waals surface area contributed by atoms with Gasteiger partial charge < -0.3 is 4.74 Å². The van der Waals surface area contributed by atoms with E-state index in [0.717, 1.165) is 18.8 Å². The Labute approximate surface area is 117 Å². The first-order valence-corrected chi connectivity index (χ1v) is 7.42. The molecule has 0 radical (unpaired) electrons. The molecule has 1 aromatic rings. The van der Waals surface area contributed by atoms with E-state index in [0.29, 0.717) is 12.2 Å². The van der Waals surface area contributed by atoms with E-state index in [9.17, 15) is 4.79 Å². The Morgan fingerprint density at radius 3 is 2.32 bits per heavy atom. The van der Waals surface area contributed by atoms with Crippen LogP contribution in [0.3, 0.4) is 0 Å². The maximum absolute atomic E-state index is 11.6. The van der Waals surface area contributed by atoms with E-state index in [1.165, 1.54) is 25.7 Å². The minimum absolute atomic E-state index is 0.208. The first-order valence-electron chi connectivity index (χ1n) is 7.42. The molecule has 106 valence electrons. The lowest BCUT2D eigenvalue weighted by atomic mass is 10.0. The average molecular weight is 262 g/mol. The molecule has 0 heterocycles. The second-order valence-electron chi connectivity index (χ2n) is 5.45. The van der Waals surface area contributed by atoms with Crippen molar-refractivity contribution < 1.29 is 9.53 Å². The summed E-state index contributed by atoms with van der Waals surface area (Å²) < 4.78 is 5.23. The number of benzene rings is 1. The highest BCUT2D eigenvalue weighted by molar-refractivity contribution is 5.89. The van der Waals surface area contributed by atoms with Gasteiger partial charge in [-0.05, 0) is 24.5 Å². The van der Waals surface area contributed by atoms with Crippen molar-refractivity contribution in [3.63, 3.8) is 0 Å². The topological polar surface area (TPSA) is 26.3 Å². The normalized spacial score (nSPS) is 10.7. The minimum atomic E-state index is -0.208. The van der Waals surface area contributed by atoms with Crippen LogP contribution in [0, 0.1) is 5.92 Å². The van der Waals surface area contributed by atoms with Gasteiger partial charge in [-0.25, -0.2) is 4.79 Å². The summed E-state index contributed by atoms with van der Waals surface area (Å²) in [5.74, 6) is 0.604. The van der Waals surface area contributed by atoms with Gasteiger partial charge in [0.2, 0.25) is 0 Å². The molecule has 0 amide bonds. The Bertz CT molecular complexity index is 344. The molecular formula is C17H26O2. The van der Waals surface area contributed by atoms with Crippen LogP contribution in [0.5, 0.6) is 0 Å². The summed E-state index contributed by atoms with van der Waals surface area (Å²) in [5.41, 5.74) is 0.638. The molecule has 2 nitrogen and oxygen atoms in total. The largest absolute Gasteiger partial charge is 0.462 e. The summed E-state index contributed by atoms with van der Waals surface area (Å²) in [6.45, 7) is 5.07. The van der Waals surface area contributed by atoms with E-state index in [1.807, 2.05) is 18.2 Å². The molecule has 0 N–H and O–H groups in total. The van der Waals surface area contributed by atoms with E-state index in [2.05, 4.69) is 13.8 Å². The second-order valence-corrected chi connectivity index (χ2v) is 5.45. The molecule has 0 saturated carbocycles. The molecule has 0 bridgehead atoms. The number of rotatable bonds is 9. The van der Waals surface area contributed by atoms with Gasteiger partial charge in [0.25, 0.3) is 0 Å². The molecule has 0 atom stereocenters. The van der Waals surface area contributed by atoms with Gasteiger partial charge >= 0.3 is 5.97 Å². The number of hydrogen-bond acceptors (Lipinski definition) is 2. The maximum Gasteiger partial charge on any atom is 0.338 e. The summed E-state index contributed by atoms with van der Waals surface area (Å²) in [6.07, 6.45) is 7.31. The van der Waals surface area contributed by atoms with Gasteiger partial charge in [-0.15, -0.1) is 0 Å². The van der Waals surface area contributed by atoms with Crippen molar-refractivity contribution >= 4 is 5.97 Å². The third kappa shape index (κ3) is 7.66. The molecule has 1 rings (SSSR count). The zero-order valence-electron chi connectivity index (χ0n) is 12.2. The molecule has 19 heavy (non-hydrogen) atoms. The quantitative estimate of drug-likeness (QED) is 0.470. The molecule has 0 fully saturated rings. The molecule has 0 saturated heterocycles. The fourth-order valence-electron chi connectivity index (χ4n) is 2.01. The van der Waals surface area contributed by atoms with E-state index in [1.54, 1.807) is 12.1 Å². The Morgan fingerprint density at radius 1 is 1.00 bits per heavy atom. The molecule has 0 unspecified atom stereocenters.